The summed E-state index contributed by atoms with van der Waals surface area (Å²) in [5.41, 5.74) is 1.29. The third-order valence-corrected chi connectivity index (χ3v) is 5.05. The summed E-state index contributed by atoms with van der Waals surface area (Å²) in [5, 5.41) is 3.62. The second-order valence-electron chi connectivity index (χ2n) is 6.09. The zero-order valence-corrected chi connectivity index (χ0v) is 14.9. The minimum atomic E-state index is 0.357. The van der Waals surface area contributed by atoms with Gasteiger partial charge in [0.25, 0.3) is 0 Å². The molecule has 118 valence electrons. The summed E-state index contributed by atoms with van der Waals surface area (Å²) in [6.07, 6.45) is 2.70. The number of hydrogen-bond donors (Lipinski definition) is 1. The van der Waals surface area contributed by atoms with E-state index in [2.05, 4.69) is 52.1 Å². The van der Waals surface area contributed by atoms with Crippen molar-refractivity contribution in [2.75, 3.05) is 33.3 Å². The maximum absolute atomic E-state index is 5.27. The van der Waals surface area contributed by atoms with Crippen LogP contribution in [0.15, 0.2) is 22.7 Å². The Kier molecular flexibility index (Phi) is 6.52. The third kappa shape index (κ3) is 4.97. The van der Waals surface area contributed by atoms with Crippen LogP contribution in [-0.2, 0) is 0 Å². The van der Waals surface area contributed by atoms with E-state index in [1.54, 1.807) is 7.11 Å². The number of rotatable bonds is 6. The van der Waals surface area contributed by atoms with E-state index >= 15 is 0 Å². The van der Waals surface area contributed by atoms with E-state index in [9.17, 15) is 0 Å². The first-order valence-corrected chi connectivity index (χ1v) is 8.68. The van der Waals surface area contributed by atoms with E-state index in [0.29, 0.717) is 6.04 Å². The fourth-order valence-electron chi connectivity index (χ4n) is 2.79. The zero-order chi connectivity index (χ0) is 15.2. The number of ether oxygens (including phenoxy) is 1. The molecular formula is C17H27BrN2O. The summed E-state index contributed by atoms with van der Waals surface area (Å²) in [4.78, 5) is 2.57. The lowest BCUT2D eigenvalue weighted by atomic mass is 9.99. The summed E-state index contributed by atoms with van der Waals surface area (Å²) in [7, 11) is 1.70. The van der Waals surface area contributed by atoms with Gasteiger partial charge in [-0.05, 0) is 72.4 Å². The molecule has 1 aromatic carbocycles. The first-order valence-electron chi connectivity index (χ1n) is 7.89. The van der Waals surface area contributed by atoms with Gasteiger partial charge in [-0.15, -0.1) is 0 Å². The molecule has 1 atom stereocenters. The number of likely N-dealkylation sites (tertiary alicyclic amines) is 1. The fourth-order valence-corrected chi connectivity index (χ4v) is 3.35. The zero-order valence-electron chi connectivity index (χ0n) is 13.4. The van der Waals surface area contributed by atoms with E-state index in [1.165, 1.54) is 31.5 Å². The highest BCUT2D eigenvalue weighted by atomic mass is 79.9. The molecule has 2 rings (SSSR count). The molecule has 0 spiro atoms. The molecule has 3 nitrogen and oxygen atoms in total. The highest BCUT2D eigenvalue weighted by Gasteiger charge is 2.15. The normalized spacial score (nSPS) is 18.7. The number of methoxy groups -OCH3 is 1. The van der Waals surface area contributed by atoms with E-state index in [-0.39, 0.29) is 0 Å². The molecule has 1 heterocycles. The van der Waals surface area contributed by atoms with Gasteiger partial charge in [0.05, 0.1) is 11.6 Å². The number of piperidine rings is 1. The number of nitrogens with one attached hydrogen (secondary N) is 1. The second kappa shape index (κ2) is 8.16. The predicted molar refractivity (Wildman–Crippen MR) is 91.9 cm³/mol. The van der Waals surface area contributed by atoms with E-state index in [1.807, 2.05) is 6.07 Å². The molecule has 0 bridgehead atoms. The van der Waals surface area contributed by atoms with E-state index in [4.69, 9.17) is 4.74 Å². The Hall–Kier alpha value is -0.580. The van der Waals surface area contributed by atoms with Crippen molar-refractivity contribution in [1.82, 2.24) is 10.2 Å². The lowest BCUT2D eigenvalue weighted by Gasteiger charge is -2.30. The number of benzene rings is 1. The van der Waals surface area contributed by atoms with Crippen LogP contribution < -0.4 is 10.1 Å². The van der Waals surface area contributed by atoms with Crippen LogP contribution in [0.25, 0.3) is 0 Å². The van der Waals surface area contributed by atoms with Crippen LogP contribution in [0, 0.1) is 5.92 Å². The molecule has 1 fully saturated rings. The van der Waals surface area contributed by atoms with Gasteiger partial charge in [0, 0.05) is 19.1 Å². The molecule has 1 N–H and O–H groups in total. The van der Waals surface area contributed by atoms with Crippen molar-refractivity contribution >= 4 is 15.9 Å². The Labute approximate surface area is 137 Å². The van der Waals surface area contributed by atoms with Crippen molar-refractivity contribution in [2.24, 2.45) is 5.92 Å². The molecule has 0 aliphatic carbocycles. The Balaban J connectivity index is 1.76. The molecule has 1 aliphatic heterocycles. The summed E-state index contributed by atoms with van der Waals surface area (Å²) < 4.78 is 6.29. The van der Waals surface area contributed by atoms with Gasteiger partial charge >= 0.3 is 0 Å². The maximum atomic E-state index is 5.27. The fraction of sp³-hybridized carbons (Fsp3) is 0.647. The Morgan fingerprint density at radius 1 is 1.38 bits per heavy atom. The molecule has 1 unspecified atom stereocenters. The molecule has 0 aromatic heterocycles. The summed E-state index contributed by atoms with van der Waals surface area (Å²) >= 11 is 3.55. The van der Waals surface area contributed by atoms with Crippen LogP contribution >= 0.6 is 15.9 Å². The smallest absolute Gasteiger partial charge is 0.133 e. The van der Waals surface area contributed by atoms with Crippen LogP contribution in [0.2, 0.25) is 0 Å². The lowest BCUT2D eigenvalue weighted by Crippen LogP contribution is -2.38. The second-order valence-corrected chi connectivity index (χ2v) is 6.95. The number of nitrogens with zero attached hydrogens (tertiary/aromatic N) is 1. The summed E-state index contributed by atoms with van der Waals surface area (Å²) in [6, 6.07) is 6.64. The number of hydrogen-bond acceptors (Lipinski definition) is 3. The Bertz CT molecular complexity index is 444. The number of halogens is 1. The molecule has 0 saturated carbocycles. The van der Waals surface area contributed by atoms with Crippen molar-refractivity contribution in [1.29, 1.82) is 0 Å². The van der Waals surface area contributed by atoms with Gasteiger partial charge in [-0.1, -0.05) is 13.0 Å². The van der Waals surface area contributed by atoms with Crippen LogP contribution in [0.3, 0.4) is 0 Å². The predicted octanol–water partition coefficient (Wildman–Crippen LogP) is 3.84. The van der Waals surface area contributed by atoms with Crippen LogP contribution in [0.4, 0.5) is 0 Å². The van der Waals surface area contributed by atoms with Gasteiger partial charge in [-0.3, -0.25) is 0 Å². The van der Waals surface area contributed by atoms with Crippen molar-refractivity contribution in [3.63, 3.8) is 0 Å². The first-order chi connectivity index (χ1) is 10.1. The summed E-state index contributed by atoms with van der Waals surface area (Å²) in [6.45, 7) is 9.27. The van der Waals surface area contributed by atoms with Crippen LogP contribution in [0.1, 0.15) is 38.3 Å². The monoisotopic (exact) mass is 354 g/mol. The maximum Gasteiger partial charge on any atom is 0.133 e. The standard InChI is InChI=1S/C17H27BrN2O/c1-13-6-9-20(10-7-13)11-8-19-14(2)15-4-5-17(21-3)16(18)12-15/h4-5,12-14,19H,6-11H2,1-3H3. The SMILES string of the molecule is COc1ccc(C(C)NCCN2CCC(C)CC2)cc1Br. The van der Waals surface area contributed by atoms with E-state index < -0.39 is 0 Å². The van der Waals surface area contributed by atoms with Gasteiger partial charge in [0.1, 0.15) is 5.75 Å². The Morgan fingerprint density at radius 3 is 2.71 bits per heavy atom. The molecule has 21 heavy (non-hydrogen) atoms. The highest BCUT2D eigenvalue weighted by Crippen LogP contribution is 2.27. The molecule has 0 amide bonds. The topological polar surface area (TPSA) is 24.5 Å². The van der Waals surface area contributed by atoms with Crippen LogP contribution in [-0.4, -0.2) is 38.2 Å². The summed E-state index contributed by atoms with van der Waals surface area (Å²) in [5.74, 6) is 1.79. The molecule has 4 heteroatoms. The van der Waals surface area contributed by atoms with Crippen molar-refractivity contribution in [2.45, 2.75) is 32.7 Å². The Morgan fingerprint density at radius 2 is 2.10 bits per heavy atom. The third-order valence-electron chi connectivity index (χ3n) is 4.43. The van der Waals surface area contributed by atoms with Crippen molar-refractivity contribution in [3.8, 4) is 5.75 Å². The average molecular weight is 355 g/mol. The molecule has 0 radical (unpaired) electrons. The molecule has 1 saturated heterocycles. The van der Waals surface area contributed by atoms with Gasteiger partial charge in [0.15, 0.2) is 0 Å². The minimum absolute atomic E-state index is 0.357. The van der Waals surface area contributed by atoms with Gasteiger partial charge in [-0.25, -0.2) is 0 Å². The average Bonchev–Trinajstić information content (AvgIpc) is 2.49. The van der Waals surface area contributed by atoms with E-state index in [0.717, 1.165) is 29.2 Å². The quantitative estimate of drug-likeness (QED) is 0.839. The van der Waals surface area contributed by atoms with Gasteiger partial charge in [0.2, 0.25) is 0 Å². The van der Waals surface area contributed by atoms with Crippen molar-refractivity contribution in [3.05, 3.63) is 28.2 Å². The largest absolute Gasteiger partial charge is 0.496 e. The van der Waals surface area contributed by atoms with Gasteiger partial charge in [-0.2, -0.15) is 0 Å². The van der Waals surface area contributed by atoms with Crippen molar-refractivity contribution < 1.29 is 4.74 Å². The highest BCUT2D eigenvalue weighted by molar-refractivity contribution is 9.10. The minimum Gasteiger partial charge on any atom is -0.496 e. The molecule has 1 aliphatic rings. The first kappa shape index (κ1) is 16.8. The lowest BCUT2D eigenvalue weighted by molar-refractivity contribution is 0.191. The molecular weight excluding hydrogens is 328 g/mol. The van der Waals surface area contributed by atoms with Crippen LogP contribution in [0.5, 0.6) is 5.75 Å². The molecule has 1 aromatic rings. The van der Waals surface area contributed by atoms with Gasteiger partial charge < -0.3 is 15.0 Å².